The Kier molecular flexibility index (Phi) is 2.34. The number of hydrogen-bond acceptors (Lipinski definition) is 3. The number of rotatable bonds is 2. The Hall–Kier alpha value is -0.840. The van der Waals surface area contributed by atoms with Crippen molar-refractivity contribution in [3.63, 3.8) is 0 Å². The minimum atomic E-state index is 0.169. The first kappa shape index (κ1) is 9.71. The third-order valence-electron chi connectivity index (χ3n) is 3.42. The van der Waals surface area contributed by atoms with Gasteiger partial charge in [-0.05, 0) is 31.5 Å². The highest BCUT2D eigenvalue weighted by Crippen LogP contribution is 2.42. The van der Waals surface area contributed by atoms with E-state index in [0.29, 0.717) is 4.77 Å². The molecule has 3 N–H and O–H groups in total. The molecule has 5 heteroatoms. The van der Waals surface area contributed by atoms with Crippen molar-refractivity contribution in [3.05, 3.63) is 10.6 Å². The van der Waals surface area contributed by atoms with E-state index in [1.54, 1.807) is 0 Å². The zero-order valence-corrected chi connectivity index (χ0v) is 9.23. The fourth-order valence-corrected chi connectivity index (χ4v) is 2.60. The third-order valence-corrected chi connectivity index (χ3v) is 3.70. The lowest BCUT2D eigenvalue weighted by Crippen LogP contribution is -2.29. The molecule has 0 aromatic carbocycles. The van der Waals surface area contributed by atoms with Crippen LogP contribution in [-0.2, 0) is 5.41 Å². The molecule has 78 valence electrons. The summed E-state index contributed by atoms with van der Waals surface area (Å²) in [5.74, 6) is 6.79. The van der Waals surface area contributed by atoms with E-state index in [-0.39, 0.29) is 5.41 Å². The van der Waals surface area contributed by atoms with Crippen molar-refractivity contribution in [2.75, 3.05) is 5.84 Å². The summed E-state index contributed by atoms with van der Waals surface area (Å²) < 4.78 is 2.05. The van der Waals surface area contributed by atoms with Gasteiger partial charge < -0.3 is 5.84 Å². The van der Waals surface area contributed by atoms with E-state index in [9.17, 15) is 0 Å². The first-order valence-corrected chi connectivity index (χ1v) is 5.53. The second kappa shape index (κ2) is 3.38. The minimum Gasteiger partial charge on any atom is -0.335 e. The van der Waals surface area contributed by atoms with Gasteiger partial charge in [0, 0.05) is 5.41 Å². The van der Waals surface area contributed by atoms with Crippen LogP contribution in [0.1, 0.15) is 44.9 Å². The van der Waals surface area contributed by atoms with Crippen molar-refractivity contribution in [2.45, 2.75) is 44.4 Å². The molecule has 0 spiro atoms. The first-order chi connectivity index (χ1) is 6.69. The van der Waals surface area contributed by atoms with Gasteiger partial charge in [-0.3, -0.25) is 5.10 Å². The van der Waals surface area contributed by atoms with E-state index in [4.69, 9.17) is 18.1 Å². The molecule has 1 saturated carbocycles. The molecular weight excluding hydrogens is 196 g/mol. The van der Waals surface area contributed by atoms with Crippen LogP contribution in [-0.4, -0.2) is 14.9 Å². The van der Waals surface area contributed by atoms with Crippen LogP contribution in [0, 0.1) is 4.77 Å². The summed E-state index contributed by atoms with van der Waals surface area (Å²) in [5, 5.41) is 7.02. The third kappa shape index (κ3) is 1.27. The molecular formula is C9H16N4S. The van der Waals surface area contributed by atoms with Gasteiger partial charge in [-0.15, -0.1) is 0 Å². The van der Waals surface area contributed by atoms with E-state index in [2.05, 4.69) is 17.1 Å². The Bertz CT molecular complexity index is 372. The number of nitrogens with one attached hydrogen (secondary N) is 1. The summed E-state index contributed by atoms with van der Waals surface area (Å²) in [6.07, 6.45) is 5.99. The summed E-state index contributed by atoms with van der Waals surface area (Å²) in [6.45, 7) is 2.20. The molecule has 4 nitrogen and oxygen atoms in total. The van der Waals surface area contributed by atoms with Gasteiger partial charge in [0.15, 0.2) is 5.82 Å². The molecule has 0 atom stereocenters. The zero-order chi connectivity index (χ0) is 10.2. The summed E-state index contributed by atoms with van der Waals surface area (Å²) >= 11 is 5.03. The SMILES string of the molecule is CCC1(c2n[nH]c(=S)n2N)CCCC1. The lowest BCUT2D eigenvalue weighted by Gasteiger charge is -2.25. The van der Waals surface area contributed by atoms with Gasteiger partial charge in [-0.25, -0.2) is 4.68 Å². The van der Waals surface area contributed by atoms with Gasteiger partial charge in [0.2, 0.25) is 4.77 Å². The maximum Gasteiger partial charge on any atom is 0.214 e. The molecule has 0 saturated heterocycles. The van der Waals surface area contributed by atoms with Crippen LogP contribution in [0.25, 0.3) is 0 Å². The van der Waals surface area contributed by atoms with Gasteiger partial charge in [0.1, 0.15) is 0 Å². The predicted molar refractivity (Wildman–Crippen MR) is 58.0 cm³/mol. The van der Waals surface area contributed by atoms with Gasteiger partial charge in [-0.2, -0.15) is 5.10 Å². The summed E-state index contributed by atoms with van der Waals surface area (Å²) in [7, 11) is 0. The molecule has 0 amide bonds. The van der Waals surface area contributed by atoms with Crippen LogP contribution in [0.3, 0.4) is 0 Å². The Morgan fingerprint density at radius 1 is 1.57 bits per heavy atom. The maximum atomic E-state index is 5.86. The van der Waals surface area contributed by atoms with Crippen molar-refractivity contribution in [1.29, 1.82) is 0 Å². The van der Waals surface area contributed by atoms with Crippen molar-refractivity contribution < 1.29 is 0 Å². The molecule has 1 aliphatic rings. The van der Waals surface area contributed by atoms with E-state index in [1.165, 1.54) is 30.4 Å². The van der Waals surface area contributed by atoms with Gasteiger partial charge >= 0.3 is 0 Å². The highest BCUT2D eigenvalue weighted by Gasteiger charge is 2.38. The number of aromatic amines is 1. The van der Waals surface area contributed by atoms with Crippen LogP contribution >= 0.6 is 12.2 Å². The summed E-state index contributed by atoms with van der Waals surface area (Å²) in [6, 6.07) is 0. The second-order valence-corrected chi connectivity index (χ2v) is 4.45. The number of nitrogens with zero attached hydrogens (tertiary/aromatic N) is 2. The Balaban J connectivity index is 2.46. The van der Waals surface area contributed by atoms with Crippen LogP contribution < -0.4 is 5.84 Å². The van der Waals surface area contributed by atoms with Gasteiger partial charge in [0.25, 0.3) is 0 Å². The Morgan fingerprint density at radius 2 is 2.21 bits per heavy atom. The van der Waals surface area contributed by atoms with Crippen molar-refractivity contribution in [1.82, 2.24) is 14.9 Å². The first-order valence-electron chi connectivity index (χ1n) is 5.12. The average Bonchev–Trinajstić information content (AvgIpc) is 2.77. The lowest BCUT2D eigenvalue weighted by molar-refractivity contribution is 0.389. The Morgan fingerprint density at radius 3 is 2.64 bits per heavy atom. The van der Waals surface area contributed by atoms with E-state index in [0.717, 1.165) is 12.2 Å². The maximum absolute atomic E-state index is 5.86. The smallest absolute Gasteiger partial charge is 0.214 e. The topological polar surface area (TPSA) is 59.6 Å². The predicted octanol–water partition coefficient (Wildman–Crippen LogP) is 1.88. The van der Waals surface area contributed by atoms with Crippen molar-refractivity contribution >= 4 is 12.2 Å². The molecule has 14 heavy (non-hydrogen) atoms. The molecule has 1 aromatic heterocycles. The summed E-state index contributed by atoms with van der Waals surface area (Å²) in [5.41, 5.74) is 0.169. The molecule has 0 unspecified atom stereocenters. The fourth-order valence-electron chi connectivity index (χ4n) is 2.47. The highest BCUT2D eigenvalue weighted by molar-refractivity contribution is 7.71. The van der Waals surface area contributed by atoms with Gasteiger partial charge in [0.05, 0.1) is 0 Å². The normalized spacial score (nSPS) is 20.1. The van der Waals surface area contributed by atoms with E-state index >= 15 is 0 Å². The quantitative estimate of drug-likeness (QED) is 0.581. The molecule has 0 aliphatic heterocycles. The molecule has 1 aliphatic carbocycles. The molecule has 0 radical (unpaired) electrons. The molecule has 0 bridgehead atoms. The average molecular weight is 212 g/mol. The molecule has 2 rings (SSSR count). The highest BCUT2D eigenvalue weighted by atomic mass is 32.1. The van der Waals surface area contributed by atoms with Crippen LogP contribution in [0.4, 0.5) is 0 Å². The van der Waals surface area contributed by atoms with Crippen molar-refractivity contribution in [2.24, 2.45) is 0 Å². The number of nitrogens with two attached hydrogens (primary N) is 1. The standard InChI is InChI=1S/C9H16N4S/c1-2-9(5-3-4-6-9)7-11-12-8(14)13(7)10/h2-6,10H2,1H3,(H,12,14). The zero-order valence-electron chi connectivity index (χ0n) is 8.42. The lowest BCUT2D eigenvalue weighted by atomic mass is 9.82. The number of hydrogen-bond donors (Lipinski definition) is 2. The van der Waals surface area contributed by atoms with Crippen LogP contribution in [0.5, 0.6) is 0 Å². The van der Waals surface area contributed by atoms with Crippen LogP contribution in [0.2, 0.25) is 0 Å². The number of nitrogen functional groups attached to an aromatic ring is 1. The summed E-state index contributed by atoms with van der Waals surface area (Å²) in [4.78, 5) is 0. The monoisotopic (exact) mass is 212 g/mol. The number of aromatic nitrogens is 3. The van der Waals surface area contributed by atoms with Gasteiger partial charge in [-0.1, -0.05) is 19.8 Å². The van der Waals surface area contributed by atoms with E-state index in [1.807, 2.05) is 0 Å². The van der Waals surface area contributed by atoms with Crippen molar-refractivity contribution in [3.8, 4) is 0 Å². The minimum absolute atomic E-state index is 0.169. The molecule has 1 heterocycles. The molecule has 1 aromatic rings. The largest absolute Gasteiger partial charge is 0.335 e. The fraction of sp³-hybridized carbons (Fsp3) is 0.778. The number of H-pyrrole nitrogens is 1. The van der Waals surface area contributed by atoms with Crippen LogP contribution in [0.15, 0.2) is 0 Å². The second-order valence-electron chi connectivity index (χ2n) is 4.06. The van der Waals surface area contributed by atoms with E-state index < -0.39 is 0 Å². The Labute approximate surface area is 88.5 Å². The molecule has 1 fully saturated rings.